The Balaban J connectivity index is 1.10. The van der Waals surface area contributed by atoms with Crippen molar-refractivity contribution in [3.05, 3.63) is 131 Å². The molecule has 4 amide bonds. The number of likely N-dealkylation sites (tertiary alicyclic amines) is 1. The Bertz CT molecular complexity index is 1630. The van der Waals surface area contributed by atoms with Gasteiger partial charge in [-0.05, 0) is 72.9 Å². The summed E-state index contributed by atoms with van der Waals surface area (Å²) in [4.78, 5) is 55.1. The Morgan fingerprint density at radius 2 is 1.31 bits per heavy atom. The summed E-state index contributed by atoms with van der Waals surface area (Å²) >= 11 is 0. The van der Waals surface area contributed by atoms with Gasteiger partial charge in [0.25, 0.3) is 11.8 Å². The minimum atomic E-state index is -0.226. The zero-order chi connectivity index (χ0) is 31.6. The van der Waals surface area contributed by atoms with E-state index in [0.717, 1.165) is 12.0 Å². The zero-order valence-electron chi connectivity index (χ0n) is 25.4. The molecular weight excluding hydrogens is 564 g/mol. The first kappa shape index (κ1) is 31.2. The van der Waals surface area contributed by atoms with Crippen LogP contribution in [0.2, 0.25) is 0 Å². The molecule has 8 nitrogen and oxygen atoms in total. The third kappa shape index (κ3) is 8.66. The van der Waals surface area contributed by atoms with Crippen molar-refractivity contribution in [2.24, 2.45) is 5.92 Å². The second-order valence-corrected chi connectivity index (χ2v) is 11.4. The molecule has 1 aliphatic rings. The lowest BCUT2D eigenvalue weighted by molar-refractivity contribution is -0.121. The van der Waals surface area contributed by atoms with Crippen LogP contribution in [0, 0.1) is 5.92 Å². The van der Waals surface area contributed by atoms with Crippen LogP contribution in [-0.4, -0.2) is 60.1 Å². The monoisotopic (exact) mass is 602 g/mol. The van der Waals surface area contributed by atoms with Crippen molar-refractivity contribution >= 4 is 35.0 Å². The van der Waals surface area contributed by atoms with Crippen LogP contribution in [-0.2, 0) is 22.4 Å². The lowest BCUT2D eigenvalue weighted by atomic mass is 9.95. The van der Waals surface area contributed by atoms with Gasteiger partial charge in [0.2, 0.25) is 11.8 Å². The second kappa shape index (κ2) is 15.0. The Morgan fingerprint density at radius 3 is 2.02 bits per heavy atom. The molecule has 0 bridgehead atoms. The van der Waals surface area contributed by atoms with Gasteiger partial charge in [0.15, 0.2) is 0 Å². The first-order valence-corrected chi connectivity index (χ1v) is 15.3. The summed E-state index contributed by atoms with van der Waals surface area (Å²) in [5.41, 5.74) is 4.25. The fourth-order valence-corrected chi connectivity index (χ4v) is 5.50. The smallest absolute Gasteiger partial charge is 0.253 e. The topological polar surface area (TPSA) is 98.8 Å². The van der Waals surface area contributed by atoms with Gasteiger partial charge in [0.1, 0.15) is 0 Å². The van der Waals surface area contributed by atoms with E-state index in [9.17, 15) is 19.2 Å². The van der Waals surface area contributed by atoms with Crippen LogP contribution in [0.4, 0.5) is 11.4 Å². The van der Waals surface area contributed by atoms with Crippen molar-refractivity contribution in [3.63, 3.8) is 0 Å². The fourth-order valence-electron chi connectivity index (χ4n) is 5.50. The molecule has 0 aromatic heterocycles. The van der Waals surface area contributed by atoms with E-state index in [1.807, 2.05) is 60.7 Å². The quantitative estimate of drug-likeness (QED) is 0.244. The first-order valence-electron chi connectivity index (χ1n) is 15.3. The second-order valence-electron chi connectivity index (χ2n) is 11.4. The van der Waals surface area contributed by atoms with E-state index in [1.165, 1.54) is 5.56 Å². The number of benzene rings is 4. The van der Waals surface area contributed by atoms with Crippen LogP contribution in [0.1, 0.15) is 44.7 Å². The van der Waals surface area contributed by atoms with E-state index >= 15 is 0 Å². The number of hydrogen-bond acceptors (Lipinski definition) is 4. The largest absolute Gasteiger partial charge is 0.341 e. The summed E-state index contributed by atoms with van der Waals surface area (Å²) in [6.45, 7) is 1.64. The van der Waals surface area contributed by atoms with Gasteiger partial charge >= 0.3 is 0 Å². The molecule has 1 fully saturated rings. The molecule has 5 rings (SSSR count). The Morgan fingerprint density at radius 1 is 0.711 bits per heavy atom. The summed E-state index contributed by atoms with van der Waals surface area (Å²) in [6, 6.07) is 33.4. The zero-order valence-corrected chi connectivity index (χ0v) is 25.4. The maximum atomic E-state index is 13.0. The van der Waals surface area contributed by atoms with Crippen molar-refractivity contribution in [1.82, 2.24) is 9.80 Å². The molecule has 45 heavy (non-hydrogen) atoms. The molecule has 4 aromatic carbocycles. The highest BCUT2D eigenvalue weighted by Crippen LogP contribution is 2.22. The van der Waals surface area contributed by atoms with Crippen LogP contribution in [0.5, 0.6) is 0 Å². The number of nitrogens with one attached hydrogen (secondary N) is 2. The summed E-state index contributed by atoms with van der Waals surface area (Å²) in [7, 11) is 1.78. The molecule has 1 heterocycles. The molecule has 0 atom stereocenters. The molecule has 1 aliphatic heterocycles. The normalized spacial score (nSPS) is 13.1. The SMILES string of the molecule is CN(CCc1ccccc1)C(=O)c1cccc(NC(=O)Cc2cccc(NC(=O)C3CCN(C(=O)c4ccccc4)CC3)c2)c1. The molecule has 0 aliphatic carbocycles. The van der Waals surface area contributed by atoms with E-state index in [0.29, 0.717) is 55.0 Å². The number of amides is 4. The van der Waals surface area contributed by atoms with Gasteiger partial charge in [-0.2, -0.15) is 0 Å². The first-order chi connectivity index (χ1) is 21.9. The molecular formula is C37H38N4O4. The van der Waals surface area contributed by atoms with Gasteiger partial charge in [-0.25, -0.2) is 0 Å². The maximum Gasteiger partial charge on any atom is 0.253 e. The van der Waals surface area contributed by atoms with Crippen LogP contribution < -0.4 is 10.6 Å². The van der Waals surface area contributed by atoms with E-state index < -0.39 is 0 Å². The number of carbonyl (C=O) groups is 4. The highest BCUT2D eigenvalue weighted by molar-refractivity contribution is 5.98. The van der Waals surface area contributed by atoms with Crippen LogP contribution >= 0.6 is 0 Å². The van der Waals surface area contributed by atoms with E-state index in [-0.39, 0.29) is 36.0 Å². The third-order valence-corrected chi connectivity index (χ3v) is 8.05. The number of hydrogen-bond donors (Lipinski definition) is 2. The van der Waals surface area contributed by atoms with Gasteiger partial charge in [-0.1, -0.05) is 66.7 Å². The number of rotatable bonds is 10. The molecule has 1 saturated heterocycles. The maximum absolute atomic E-state index is 13.0. The number of likely N-dealkylation sites (N-methyl/N-ethyl adjacent to an activating group) is 1. The predicted octanol–water partition coefficient (Wildman–Crippen LogP) is 5.67. The van der Waals surface area contributed by atoms with Gasteiger partial charge in [-0.15, -0.1) is 0 Å². The Hall–Kier alpha value is -5.24. The van der Waals surface area contributed by atoms with Gasteiger partial charge in [0, 0.05) is 55.1 Å². The Labute approximate surface area is 264 Å². The number of anilines is 2. The highest BCUT2D eigenvalue weighted by Gasteiger charge is 2.28. The van der Waals surface area contributed by atoms with Crippen molar-refractivity contribution < 1.29 is 19.2 Å². The molecule has 230 valence electrons. The lowest BCUT2D eigenvalue weighted by Crippen LogP contribution is -2.41. The molecule has 0 unspecified atom stereocenters. The molecule has 0 saturated carbocycles. The molecule has 4 aromatic rings. The lowest BCUT2D eigenvalue weighted by Gasteiger charge is -2.31. The molecule has 8 heteroatoms. The van der Waals surface area contributed by atoms with Gasteiger partial charge in [-0.3, -0.25) is 19.2 Å². The molecule has 0 spiro atoms. The predicted molar refractivity (Wildman–Crippen MR) is 176 cm³/mol. The van der Waals surface area contributed by atoms with E-state index in [2.05, 4.69) is 10.6 Å². The average Bonchev–Trinajstić information content (AvgIpc) is 3.07. The van der Waals surface area contributed by atoms with Crippen molar-refractivity contribution in [2.45, 2.75) is 25.7 Å². The van der Waals surface area contributed by atoms with Crippen molar-refractivity contribution in [2.75, 3.05) is 37.3 Å². The van der Waals surface area contributed by atoms with Gasteiger partial charge in [0.05, 0.1) is 6.42 Å². The highest BCUT2D eigenvalue weighted by atomic mass is 16.2. The van der Waals surface area contributed by atoms with Gasteiger partial charge < -0.3 is 20.4 Å². The number of nitrogens with zero attached hydrogens (tertiary/aromatic N) is 2. The van der Waals surface area contributed by atoms with Crippen LogP contribution in [0.3, 0.4) is 0 Å². The average molecular weight is 603 g/mol. The number of piperidine rings is 1. The summed E-state index contributed by atoms with van der Waals surface area (Å²) < 4.78 is 0. The van der Waals surface area contributed by atoms with Crippen LogP contribution in [0.25, 0.3) is 0 Å². The summed E-state index contributed by atoms with van der Waals surface area (Å²) in [5.74, 6) is -0.623. The summed E-state index contributed by atoms with van der Waals surface area (Å²) in [5, 5.41) is 5.88. The fraction of sp³-hybridized carbons (Fsp3) is 0.243. The van der Waals surface area contributed by atoms with E-state index in [4.69, 9.17) is 0 Å². The minimum absolute atomic E-state index is 0.00932. The standard InChI is InChI=1S/C37H38N4O4/c1-40(21-18-27-10-4-2-5-11-27)36(44)31-15-9-17-33(26-31)38-34(42)25-28-12-8-16-32(24-28)39-35(43)29-19-22-41(23-20-29)37(45)30-13-6-3-7-14-30/h2-17,24,26,29H,18-23,25H2,1H3,(H,38,42)(H,39,43). The molecule has 2 N–H and O–H groups in total. The summed E-state index contributed by atoms with van der Waals surface area (Å²) in [6.07, 6.45) is 2.06. The molecule has 0 radical (unpaired) electrons. The van der Waals surface area contributed by atoms with Crippen molar-refractivity contribution in [1.29, 1.82) is 0 Å². The third-order valence-electron chi connectivity index (χ3n) is 8.05. The van der Waals surface area contributed by atoms with Crippen LogP contribution in [0.15, 0.2) is 109 Å². The van der Waals surface area contributed by atoms with E-state index in [1.54, 1.807) is 65.4 Å². The van der Waals surface area contributed by atoms with Crippen molar-refractivity contribution in [3.8, 4) is 0 Å². The Kier molecular flexibility index (Phi) is 10.4. The number of carbonyl (C=O) groups excluding carboxylic acids is 4. The minimum Gasteiger partial charge on any atom is -0.341 e.